The Morgan fingerprint density at radius 2 is 2.06 bits per heavy atom. The van der Waals surface area contributed by atoms with Crippen molar-refractivity contribution in [1.82, 2.24) is 0 Å². The largest absolute Gasteiger partial charge is 0.293 e. The van der Waals surface area contributed by atoms with Crippen LogP contribution < -0.4 is 0 Å². The first-order chi connectivity index (χ1) is 8.18. The van der Waals surface area contributed by atoms with E-state index in [1.54, 1.807) is 0 Å². The Morgan fingerprint density at radius 1 is 1.24 bits per heavy atom. The van der Waals surface area contributed by atoms with E-state index in [2.05, 4.69) is 19.9 Å². The minimum Gasteiger partial charge on any atom is -0.293 e. The molecule has 3 heteroatoms. The van der Waals surface area contributed by atoms with Crippen molar-refractivity contribution in [3.63, 3.8) is 0 Å². The van der Waals surface area contributed by atoms with Gasteiger partial charge in [-0.25, -0.2) is 0 Å². The van der Waals surface area contributed by atoms with E-state index in [4.69, 9.17) is 0 Å². The molecule has 1 aliphatic carbocycles. The summed E-state index contributed by atoms with van der Waals surface area (Å²) in [6.45, 7) is 4.52. The number of rotatable bonds is 2. The maximum atomic E-state index is 12.5. The van der Waals surface area contributed by atoms with Crippen LogP contribution in [0.4, 0.5) is 0 Å². The van der Waals surface area contributed by atoms with Gasteiger partial charge in [-0.05, 0) is 31.3 Å². The molecule has 17 heavy (non-hydrogen) atoms. The van der Waals surface area contributed by atoms with Crippen LogP contribution in [-0.4, -0.2) is 27.3 Å². The minimum absolute atomic E-state index is 0.218. The van der Waals surface area contributed by atoms with E-state index >= 15 is 0 Å². The lowest BCUT2D eigenvalue weighted by Gasteiger charge is -2.30. The van der Waals surface area contributed by atoms with E-state index < -0.39 is 0 Å². The van der Waals surface area contributed by atoms with Gasteiger partial charge in [-0.1, -0.05) is 26.3 Å². The molecule has 1 aliphatic heterocycles. The Kier molecular flexibility index (Phi) is 5.04. The lowest BCUT2D eigenvalue weighted by Crippen LogP contribution is -2.32. The summed E-state index contributed by atoms with van der Waals surface area (Å²) < 4.78 is 0. The SMILES string of the molecule is CC1SCC(C(=O)C2=CCCCCC2)SC1C. The highest BCUT2D eigenvalue weighted by atomic mass is 32.2. The molecular formula is C14H22OS2. The van der Waals surface area contributed by atoms with Crippen molar-refractivity contribution < 1.29 is 4.79 Å². The molecule has 2 aliphatic rings. The number of carbonyl (C=O) groups excluding carboxylic acids is 1. The number of hydrogen-bond donors (Lipinski definition) is 0. The van der Waals surface area contributed by atoms with Crippen LogP contribution in [0.3, 0.4) is 0 Å². The normalized spacial score (nSPS) is 34.9. The minimum atomic E-state index is 0.218. The molecule has 1 nitrogen and oxygen atoms in total. The average molecular weight is 270 g/mol. The van der Waals surface area contributed by atoms with Gasteiger partial charge in [-0.2, -0.15) is 11.8 Å². The highest BCUT2D eigenvalue weighted by Crippen LogP contribution is 2.37. The van der Waals surface area contributed by atoms with Gasteiger partial charge in [0.2, 0.25) is 0 Å². The fourth-order valence-electron chi connectivity index (χ4n) is 2.37. The molecule has 1 fully saturated rings. The molecule has 0 saturated carbocycles. The first-order valence-electron chi connectivity index (χ1n) is 6.69. The van der Waals surface area contributed by atoms with E-state index in [1.165, 1.54) is 19.3 Å². The molecule has 0 aromatic rings. The summed E-state index contributed by atoms with van der Waals surface area (Å²) in [5.74, 6) is 1.44. The van der Waals surface area contributed by atoms with Crippen molar-refractivity contribution in [2.75, 3.05) is 5.75 Å². The van der Waals surface area contributed by atoms with E-state index in [0.717, 1.165) is 24.2 Å². The van der Waals surface area contributed by atoms with E-state index in [0.29, 0.717) is 16.3 Å². The van der Waals surface area contributed by atoms with Crippen LogP contribution in [-0.2, 0) is 4.79 Å². The third-order valence-electron chi connectivity index (χ3n) is 3.70. The van der Waals surface area contributed by atoms with Crippen molar-refractivity contribution in [2.24, 2.45) is 0 Å². The summed E-state index contributed by atoms with van der Waals surface area (Å²) >= 11 is 3.85. The van der Waals surface area contributed by atoms with Crippen LogP contribution in [0, 0.1) is 0 Å². The van der Waals surface area contributed by atoms with Gasteiger partial charge in [-0.3, -0.25) is 4.79 Å². The average Bonchev–Trinajstić information content (AvgIpc) is 2.60. The van der Waals surface area contributed by atoms with Crippen molar-refractivity contribution in [2.45, 2.75) is 61.7 Å². The number of Topliss-reactive ketones (excluding diaryl/α,β-unsaturated/α-hetero) is 1. The van der Waals surface area contributed by atoms with Gasteiger partial charge < -0.3 is 0 Å². The molecule has 3 atom stereocenters. The van der Waals surface area contributed by atoms with Gasteiger partial charge in [0.15, 0.2) is 5.78 Å². The first kappa shape index (κ1) is 13.5. The second-order valence-electron chi connectivity index (χ2n) is 5.06. The fourth-order valence-corrected chi connectivity index (χ4v) is 5.26. The first-order valence-corrected chi connectivity index (χ1v) is 8.68. The summed E-state index contributed by atoms with van der Waals surface area (Å²) in [6.07, 6.45) is 8.09. The highest BCUT2D eigenvalue weighted by molar-refractivity contribution is 8.08. The van der Waals surface area contributed by atoms with Gasteiger partial charge in [0.05, 0.1) is 5.25 Å². The van der Waals surface area contributed by atoms with Crippen LogP contribution in [0.25, 0.3) is 0 Å². The molecule has 1 heterocycles. The van der Waals surface area contributed by atoms with Gasteiger partial charge in [0, 0.05) is 16.3 Å². The zero-order valence-electron chi connectivity index (χ0n) is 10.8. The summed E-state index contributed by atoms with van der Waals surface area (Å²) in [7, 11) is 0. The lowest BCUT2D eigenvalue weighted by atomic mass is 10.0. The van der Waals surface area contributed by atoms with Gasteiger partial charge in [0.25, 0.3) is 0 Å². The Balaban J connectivity index is 1.97. The Morgan fingerprint density at radius 3 is 2.82 bits per heavy atom. The molecule has 0 aromatic carbocycles. The molecule has 0 radical (unpaired) electrons. The third kappa shape index (κ3) is 3.54. The summed E-state index contributed by atoms with van der Waals surface area (Å²) in [6, 6.07) is 0. The number of allylic oxidation sites excluding steroid dienone is 2. The van der Waals surface area contributed by atoms with E-state index in [1.807, 2.05) is 23.5 Å². The number of thioether (sulfide) groups is 2. The highest BCUT2D eigenvalue weighted by Gasteiger charge is 2.31. The molecule has 0 aromatic heterocycles. The second kappa shape index (κ2) is 6.33. The van der Waals surface area contributed by atoms with E-state index in [-0.39, 0.29) is 5.25 Å². The maximum Gasteiger partial charge on any atom is 0.172 e. The third-order valence-corrected chi connectivity index (χ3v) is 7.09. The molecule has 3 unspecified atom stereocenters. The predicted octanol–water partition coefficient (Wildman–Crippen LogP) is 4.07. The van der Waals surface area contributed by atoms with Crippen LogP contribution in [0.2, 0.25) is 0 Å². The van der Waals surface area contributed by atoms with Crippen LogP contribution in [0.5, 0.6) is 0 Å². The Labute approximate surface area is 113 Å². The van der Waals surface area contributed by atoms with Gasteiger partial charge in [0.1, 0.15) is 0 Å². The predicted molar refractivity (Wildman–Crippen MR) is 78.9 cm³/mol. The van der Waals surface area contributed by atoms with Gasteiger partial charge in [-0.15, -0.1) is 11.8 Å². The number of ketones is 1. The number of carbonyl (C=O) groups is 1. The molecule has 2 rings (SSSR count). The summed E-state index contributed by atoms with van der Waals surface area (Å²) in [5.41, 5.74) is 1.13. The van der Waals surface area contributed by atoms with Gasteiger partial charge >= 0.3 is 0 Å². The standard InChI is InChI=1S/C14H22OS2/c1-10-11(2)17-13(9-16-10)14(15)12-7-5-3-4-6-8-12/h7,10-11,13H,3-6,8-9H2,1-2H3. The summed E-state index contributed by atoms with van der Waals surface area (Å²) in [5, 5.41) is 1.51. The lowest BCUT2D eigenvalue weighted by molar-refractivity contribution is -0.114. The molecule has 0 spiro atoms. The fraction of sp³-hybridized carbons (Fsp3) is 0.786. The molecule has 0 N–H and O–H groups in total. The van der Waals surface area contributed by atoms with Crippen molar-refractivity contribution in [3.05, 3.63) is 11.6 Å². The van der Waals surface area contributed by atoms with Crippen molar-refractivity contribution in [3.8, 4) is 0 Å². The number of hydrogen-bond acceptors (Lipinski definition) is 3. The van der Waals surface area contributed by atoms with Crippen LogP contribution >= 0.6 is 23.5 Å². The van der Waals surface area contributed by atoms with E-state index in [9.17, 15) is 4.79 Å². The molecule has 96 valence electrons. The quantitative estimate of drug-likeness (QED) is 0.753. The Hall–Kier alpha value is 0.110. The zero-order chi connectivity index (χ0) is 12.3. The van der Waals surface area contributed by atoms with Crippen LogP contribution in [0.15, 0.2) is 11.6 Å². The van der Waals surface area contributed by atoms with Crippen molar-refractivity contribution >= 4 is 29.3 Å². The molecular weight excluding hydrogens is 248 g/mol. The molecule has 0 bridgehead atoms. The summed E-state index contributed by atoms with van der Waals surface area (Å²) in [4.78, 5) is 12.5. The molecule has 1 saturated heterocycles. The second-order valence-corrected chi connectivity index (χ2v) is 8.06. The van der Waals surface area contributed by atoms with Crippen molar-refractivity contribution in [1.29, 1.82) is 0 Å². The smallest absolute Gasteiger partial charge is 0.172 e. The molecule has 0 amide bonds. The Bertz CT molecular complexity index is 311. The monoisotopic (exact) mass is 270 g/mol. The maximum absolute atomic E-state index is 12.5. The topological polar surface area (TPSA) is 17.1 Å². The zero-order valence-corrected chi connectivity index (χ0v) is 12.4. The van der Waals surface area contributed by atoms with Crippen LogP contribution in [0.1, 0.15) is 46.0 Å².